The van der Waals surface area contributed by atoms with Gasteiger partial charge in [0.2, 0.25) is 11.8 Å². The highest BCUT2D eigenvalue weighted by Crippen LogP contribution is 2.30. The lowest BCUT2D eigenvalue weighted by Crippen LogP contribution is -2.44. The highest BCUT2D eigenvalue weighted by molar-refractivity contribution is 5.82. The predicted octanol–water partition coefficient (Wildman–Crippen LogP) is 3.16. The predicted molar refractivity (Wildman–Crippen MR) is 85.9 cm³/mol. The molecule has 0 spiro atoms. The Bertz CT molecular complexity index is 344. The maximum absolute atomic E-state index is 12.5. The zero-order chi connectivity index (χ0) is 15.7. The number of nitrogens with one attached hydrogen (secondary N) is 2. The van der Waals surface area contributed by atoms with Crippen LogP contribution in [-0.2, 0) is 9.59 Å². The first kappa shape index (κ1) is 18.0. The molecule has 1 heterocycles. The van der Waals surface area contributed by atoms with Gasteiger partial charge in [0.1, 0.15) is 0 Å². The van der Waals surface area contributed by atoms with Crippen LogP contribution in [0, 0.1) is 5.41 Å². The summed E-state index contributed by atoms with van der Waals surface area (Å²) in [5.74, 6) is 0.257. The summed E-state index contributed by atoms with van der Waals surface area (Å²) in [6.45, 7) is 6.99. The van der Waals surface area contributed by atoms with Crippen LogP contribution in [0.2, 0.25) is 0 Å². The summed E-state index contributed by atoms with van der Waals surface area (Å²) < 4.78 is 0. The molecule has 4 nitrogen and oxygen atoms in total. The molecule has 21 heavy (non-hydrogen) atoms. The molecule has 0 aromatic rings. The second kappa shape index (κ2) is 9.06. The van der Waals surface area contributed by atoms with E-state index in [2.05, 4.69) is 31.4 Å². The van der Waals surface area contributed by atoms with Crippen LogP contribution in [0.15, 0.2) is 0 Å². The number of carbonyl (C=O) groups is 2. The van der Waals surface area contributed by atoms with Crippen molar-refractivity contribution in [1.82, 2.24) is 10.6 Å². The van der Waals surface area contributed by atoms with E-state index in [0.717, 1.165) is 32.1 Å². The first-order chi connectivity index (χ1) is 10.0. The summed E-state index contributed by atoms with van der Waals surface area (Å²) in [6, 6.07) is 0.118. The molecule has 0 aromatic carbocycles. The van der Waals surface area contributed by atoms with Gasteiger partial charge >= 0.3 is 0 Å². The van der Waals surface area contributed by atoms with Crippen molar-refractivity contribution < 1.29 is 9.59 Å². The van der Waals surface area contributed by atoms with Gasteiger partial charge in [-0.1, -0.05) is 52.9 Å². The fourth-order valence-electron chi connectivity index (χ4n) is 3.11. The van der Waals surface area contributed by atoms with Crippen LogP contribution in [0.3, 0.4) is 0 Å². The van der Waals surface area contributed by atoms with E-state index in [0.29, 0.717) is 13.0 Å². The Hall–Kier alpha value is -1.06. The molecule has 1 saturated heterocycles. The minimum Gasteiger partial charge on any atom is -0.354 e. The standard InChI is InChI=1S/C17H32N2O2/c1-4-6-7-8-12-17(3,11-5-2)16(21)18-13-14-9-10-15(20)19-14/h14H,4-13H2,1-3H3,(H,18,21)(H,19,20)/t14-,17?/m1/s1. The highest BCUT2D eigenvalue weighted by Gasteiger charge is 2.32. The number of unbranched alkanes of at least 4 members (excludes halogenated alkanes) is 3. The molecule has 2 N–H and O–H groups in total. The lowest BCUT2D eigenvalue weighted by Gasteiger charge is -2.29. The third kappa shape index (κ3) is 6.06. The Kier molecular flexibility index (Phi) is 7.76. The van der Waals surface area contributed by atoms with Crippen molar-refractivity contribution in [2.75, 3.05) is 6.54 Å². The molecule has 1 aliphatic heterocycles. The number of rotatable bonds is 10. The fraction of sp³-hybridized carbons (Fsp3) is 0.882. The van der Waals surface area contributed by atoms with E-state index in [9.17, 15) is 9.59 Å². The number of carbonyl (C=O) groups excluding carboxylic acids is 2. The van der Waals surface area contributed by atoms with Crippen molar-refractivity contribution in [2.45, 2.75) is 84.6 Å². The van der Waals surface area contributed by atoms with Gasteiger partial charge in [0.15, 0.2) is 0 Å². The lowest BCUT2D eigenvalue weighted by molar-refractivity contribution is -0.131. The van der Waals surface area contributed by atoms with Crippen LogP contribution in [0.5, 0.6) is 0 Å². The molecular formula is C17H32N2O2. The quantitative estimate of drug-likeness (QED) is 0.608. The van der Waals surface area contributed by atoms with Crippen molar-refractivity contribution in [3.63, 3.8) is 0 Å². The lowest BCUT2D eigenvalue weighted by atomic mass is 9.79. The molecule has 4 heteroatoms. The molecule has 0 aliphatic carbocycles. The van der Waals surface area contributed by atoms with Crippen LogP contribution >= 0.6 is 0 Å². The smallest absolute Gasteiger partial charge is 0.226 e. The van der Waals surface area contributed by atoms with Crippen molar-refractivity contribution in [2.24, 2.45) is 5.41 Å². The summed E-state index contributed by atoms with van der Waals surface area (Å²) >= 11 is 0. The second-order valence-corrected chi connectivity index (χ2v) is 6.63. The Morgan fingerprint density at radius 1 is 1.24 bits per heavy atom. The maximum atomic E-state index is 12.5. The molecule has 1 aliphatic rings. The summed E-state index contributed by atoms with van der Waals surface area (Å²) in [4.78, 5) is 23.7. The third-order valence-electron chi connectivity index (χ3n) is 4.53. The first-order valence-corrected chi connectivity index (χ1v) is 8.59. The van der Waals surface area contributed by atoms with Crippen molar-refractivity contribution in [1.29, 1.82) is 0 Å². The van der Waals surface area contributed by atoms with E-state index in [1.165, 1.54) is 19.3 Å². The third-order valence-corrected chi connectivity index (χ3v) is 4.53. The van der Waals surface area contributed by atoms with E-state index in [1.54, 1.807) is 0 Å². The zero-order valence-electron chi connectivity index (χ0n) is 14.0. The second-order valence-electron chi connectivity index (χ2n) is 6.63. The summed E-state index contributed by atoms with van der Waals surface area (Å²) in [7, 11) is 0. The zero-order valence-corrected chi connectivity index (χ0v) is 14.0. The van der Waals surface area contributed by atoms with Crippen LogP contribution in [0.25, 0.3) is 0 Å². The van der Waals surface area contributed by atoms with E-state index < -0.39 is 0 Å². The summed E-state index contributed by atoms with van der Waals surface area (Å²) in [5, 5.41) is 5.96. The summed E-state index contributed by atoms with van der Waals surface area (Å²) in [5.41, 5.74) is -0.259. The fourth-order valence-corrected chi connectivity index (χ4v) is 3.11. The van der Waals surface area contributed by atoms with Gasteiger partial charge < -0.3 is 10.6 Å². The molecule has 0 bridgehead atoms. The molecule has 2 amide bonds. The van der Waals surface area contributed by atoms with Crippen molar-refractivity contribution in [3.8, 4) is 0 Å². The molecule has 1 rings (SSSR count). The molecule has 1 unspecified atom stereocenters. The molecule has 0 saturated carbocycles. The molecule has 0 radical (unpaired) electrons. The van der Waals surface area contributed by atoms with Crippen LogP contribution < -0.4 is 10.6 Å². The van der Waals surface area contributed by atoms with Crippen molar-refractivity contribution in [3.05, 3.63) is 0 Å². The minimum atomic E-state index is -0.259. The number of amides is 2. The van der Waals surface area contributed by atoms with Gasteiger partial charge in [-0.2, -0.15) is 0 Å². The van der Waals surface area contributed by atoms with Gasteiger partial charge in [-0.15, -0.1) is 0 Å². The van der Waals surface area contributed by atoms with E-state index in [1.807, 2.05) is 0 Å². The molecule has 122 valence electrons. The van der Waals surface area contributed by atoms with E-state index >= 15 is 0 Å². The van der Waals surface area contributed by atoms with Gasteiger partial charge in [0, 0.05) is 24.4 Å². The highest BCUT2D eigenvalue weighted by atomic mass is 16.2. The van der Waals surface area contributed by atoms with E-state index in [-0.39, 0.29) is 23.3 Å². The van der Waals surface area contributed by atoms with Gasteiger partial charge in [-0.25, -0.2) is 0 Å². The minimum absolute atomic E-state index is 0.102. The van der Waals surface area contributed by atoms with E-state index in [4.69, 9.17) is 0 Å². The molecule has 2 atom stereocenters. The Balaban J connectivity index is 2.41. The summed E-state index contributed by atoms with van der Waals surface area (Å²) in [6.07, 6.45) is 9.14. The van der Waals surface area contributed by atoms with Crippen LogP contribution in [0.1, 0.15) is 78.6 Å². The van der Waals surface area contributed by atoms with Crippen LogP contribution in [-0.4, -0.2) is 24.4 Å². The first-order valence-electron chi connectivity index (χ1n) is 8.59. The molecule has 1 fully saturated rings. The average molecular weight is 296 g/mol. The SMILES string of the molecule is CCCCCCC(C)(CCC)C(=O)NC[C@H]1CCC(=O)N1. The van der Waals surface area contributed by atoms with Gasteiger partial charge in [0.05, 0.1) is 0 Å². The largest absolute Gasteiger partial charge is 0.354 e. The average Bonchev–Trinajstić information content (AvgIpc) is 2.87. The Labute approximate surface area is 129 Å². The maximum Gasteiger partial charge on any atom is 0.226 e. The Morgan fingerprint density at radius 3 is 2.57 bits per heavy atom. The van der Waals surface area contributed by atoms with Gasteiger partial charge in [0.25, 0.3) is 0 Å². The van der Waals surface area contributed by atoms with Crippen LogP contribution in [0.4, 0.5) is 0 Å². The normalized spacial score (nSPS) is 20.9. The topological polar surface area (TPSA) is 58.2 Å². The Morgan fingerprint density at radius 2 is 2.00 bits per heavy atom. The van der Waals surface area contributed by atoms with Crippen molar-refractivity contribution >= 4 is 11.8 Å². The van der Waals surface area contributed by atoms with Gasteiger partial charge in [-0.3, -0.25) is 9.59 Å². The number of hydrogen-bond acceptors (Lipinski definition) is 2. The molecule has 0 aromatic heterocycles. The van der Waals surface area contributed by atoms with Gasteiger partial charge in [-0.05, 0) is 19.3 Å². The molecular weight excluding hydrogens is 264 g/mol. The monoisotopic (exact) mass is 296 g/mol. The number of hydrogen-bond donors (Lipinski definition) is 2.